The first-order valence-corrected chi connectivity index (χ1v) is 7.31. The highest BCUT2D eigenvalue weighted by atomic mass is 16.5. The number of ketones is 1. The maximum atomic E-state index is 11.9. The van der Waals surface area contributed by atoms with E-state index in [1.54, 1.807) is 6.07 Å². The molecule has 1 saturated heterocycles. The maximum absolute atomic E-state index is 11.9. The second-order valence-electron chi connectivity index (χ2n) is 5.47. The van der Waals surface area contributed by atoms with E-state index in [1.165, 1.54) is 0 Å². The van der Waals surface area contributed by atoms with Gasteiger partial charge in [-0.05, 0) is 43.4 Å². The average molecular weight is 273 g/mol. The van der Waals surface area contributed by atoms with Crippen LogP contribution in [0.4, 0.5) is 0 Å². The normalized spacial score (nSPS) is 18.0. The summed E-state index contributed by atoms with van der Waals surface area (Å²) in [6.07, 6.45) is 4.66. The van der Waals surface area contributed by atoms with E-state index >= 15 is 0 Å². The predicted molar refractivity (Wildman–Crippen MR) is 75.0 cm³/mol. The largest absolute Gasteiger partial charge is 0.484 e. The fourth-order valence-corrected chi connectivity index (χ4v) is 2.90. The zero-order valence-corrected chi connectivity index (χ0v) is 11.6. The molecule has 0 aromatic heterocycles. The minimum absolute atomic E-state index is 0.0338. The van der Waals surface area contributed by atoms with Crippen LogP contribution < -0.4 is 4.74 Å². The van der Waals surface area contributed by atoms with Crippen molar-refractivity contribution in [2.24, 2.45) is 0 Å². The van der Waals surface area contributed by atoms with Gasteiger partial charge in [0.2, 0.25) is 0 Å². The number of hydrogen-bond donors (Lipinski definition) is 0. The number of fused-ring (bicyclic) bond motifs is 1. The molecule has 0 N–H and O–H groups in total. The molecule has 0 atom stereocenters. The zero-order valence-electron chi connectivity index (χ0n) is 11.6. The first-order chi connectivity index (χ1) is 9.74. The number of carbonyl (C=O) groups excluding carboxylic acids is 2. The molecule has 1 amide bonds. The van der Waals surface area contributed by atoms with Crippen molar-refractivity contribution in [3.05, 3.63) is 29.3 Å². The van der Waals surface area contributed by atoms with E-state index in [1.807, 2.05) is 17.0 Å². The lowest BCUT2D eigenvalue weighted by atomic mass is 9.90. The first-order valence-electron chi connectivity index (χ1n) is 7.31. The van der Waals surface area contributed by atoms with Crippen LogP contribution in [0.5, 0.6) is 5.75 Å². The monoisotopic (exact) mass is 273 g/mol. The molecule has 0 saturated carbocycles. The van der Waals surface area contributed by atoms with E-state index in [0.29, 0.717) is 12.2 Å². The van der Waals surface area contributed by atoms with Gasteiger partial charge in [0.15, 0.2) is 12.4 Å². The molecule has 4 nitrogen and oxygen atoms in total. The molecule has 0 bridgehead atoms. The van der Waals surface area contributed by atoms with Crippen LogP contribution in [-0.4, -0.2) is 36.3 Å². The molecule has 20 heavy (non-hydrogen) atoms. The molecular formula is C16H19NO3. The van der Waals surface area contributed by atoms with Crippen molar-refractivity contribution in [2.45, 2.75) is 32.1 Å². The van der Waals surface area contributed by atoms with Gasteiger partial charge in [-0.15, -0.1) is 0 Å². The summed E-state index contributed by atoms with van der Waals surface area (Å²) >= 11 is 0. The molecule has 106 valence electrons. The highest BCUT2D eigenvalue weighted by molar-refractivity contribution is 5.98. The van der Waals surface area contributed by atoms with Crippen molar-refractivity contribution in [3.63, 3.8) is 0 Å². The van der Waals surface area contributed by atoms with Gasteiger partial charge in [0.25, 0.3) is 5.91 Å². The van der Waals surface area contributed by atoms with Crippen LogP contribution in [0.2, 0.25) is 0 Å². The number of benzene rings is 1. The fraction of sp³-hybridized carbons (Fsp3) is 0.500. The summed E-state index contributed by atoms with van der Waals surface area (Å²) in [4.78, 5) is 25.6. The SMILES string of the molecule is O=C1CCCc2ccc(OCC(=O)N3CCCC3)cc21. The highest BCUT2D eigenvalue weighted by Crippen LogP contribution is 2.25. The van der Waals surface area contributed by atoms with E-state index in [9.17, 15) is 9.59 Å². The van der Waals surface area contributed by atoms with Crippen molar-refractivity contribution in [1.82, 2.24) is 4.90 Å². The predicted octanol–water partition coefficient (Wildman–Crippen LogP) is 2.21. The lowest BCUT2D eigenvalue weighted by Crippen LogP contribution is -2.32. The third-order valence-electron chi connectivity index (χ3n) is 4.05. The topological polar surface area (TPSA) is 46.6 Å². The van der Waals surface area contributed by atoms with Gasteiger partial charge in [-0.2, -0.15) is 0 Å². The molecule has 1 aliphatic heterocycles. The maximum Gasteiger partial charge on any atom is 0.260 e. The number of amides is 1. The Kier molecular flexibility index (Phi) is 3.72. The van der Waals surface area contributed by atoms with Gasteiger partial charge in [-0.1, -0.05) is 6.07 Å². The first kappa shape index (κ1) is 13.2. The number of nitrogens with zero attached hydrogens (tertiary/aromatic N) is 1. The summed E-state index contributed by atoms with van der Waals surface area (Å²) in [5.74, 6) is 0.834. The minimum Gasteiger partial charge on any atom is -0.484 e. The van der Waals surface area contributed by atoms with Crippen molar-refractivity contribution in [2.75, 3.05) is 19.7 Å². The third kappa shape index (κ3) is 2.69. The number of hydrogen-bond acceptors (Lipinski definition) is 3. The van der Waals surface area contributed by atoms with Gasteiger partial charge >= 0.3 is 0 Å². The zero-order chi connectivity index (χ0) is 13.9. The summed E-state index contributed by atoms with van der Waals surface area (Å²) in [7, 11) is 0. The van der Waals surface area contributed by atoms with Crippen LogP contribution in [0.1, 0.15) is 41.6 Å². The van der Waals surface area contributed by atoms with Crippen molar-refractivity contribution in [1.29, 1.82) is 0 Å². The van der Waals surface area contributed by atoms with Gasteiger partial charge in [0.05, 0.1) is 0 Å². The molecule has 0 unspecified atom stereocenters. The minimum atomic E-state index is 0.0338. The fourth-order valence-electron chi connectivity index (χ4n) is 2.90. The van der Waals surface area contributed by atoms with Gasteiger partial charge in [0, 0.05) is 25.1 Å². The molecule has 1 aromatic rings. The number of likely N-dealkylation sites (tertiary alicyclic amines) is 1. The second kappa shape index (κ2) is 5.65. The Balaban J connectivity index is 1.64. The van der Waals surface area contributed by atoms with E-state index in [0.717, 1.165) is 49.9 Å². The van der Waals surface area contributed by atoms with Crippen LogP contribution in [0.25, 0.3) is 0 Å². The molecule has 2 aliphatic rings. The average Bonchev–Trinajstić information content (AvgIpc) is 3.00. The Hall–Kier alpha value is -1.84. The van der Waals surface area contributed by atoms with E-state index in [4.69, 9.17) is 4.74 Å². The summed E-state index contributed by atoms with van der Waals surface area (Å²) in [5, 5.41) is 0. The summed E-state index contributed by atoms with van der Waals surface area (Å²) in [6.45, 7) is 1.74. The summed E-state index contributed by atoms with van der Waals surface area (Å²) in [6, 6.07) is 5.59. The van der Waals surface area contributed by atoms with Gasteiger partial charge in [-0.3, -0.25) is 9.59 Å². The second-order valence-corrected chi connectivity index (χ2v) is 5.47. The lowest BCUT2D eigenvalue weighted by molar-refractivity contribution is -0.132. The number of ether oxygens (including phenoxy) is 1. The van der Waals surface area contributed by atoms with Gasteiger partial charge in [-0.25, -0.2) is 0 Å². The van der Waals surface area contributed by atoms with Crippen molar-refractivity contribution in [3.8, 4) is 5.75 Å². The Morgan fingerprint density at radius 3 is 2.75 bits per heavy atom. The molecule has 0 radical (unpaired) electrons. The Bertz CT molecular complexity index is 533. The van der Waals surface area contributed by atoms with Crippen LogP contribution in [0, 0.1) is 0 Å². The molecule has 0 spiro atoms. The molecular weight excluding hydrogens is 254 g/mol. The van der Waals surface area contributed by atoms with Crippen LogP contribution in [0.15, 0.2) is 18.2 Å². The molecule has 1 aromatic carbocycles. The molecule has 3 rings (SSSR count). The van der Waals surface area contributed by atoms with Gasteiger partial charge in [0.1, 0.15) is 5.75 Å². The Morgan fingerprint density at radius 2 is 1.95 bits per heavy atom. The number of rotatable bonds is 3. The number of Topliss-reactive ketones (excluding diaryl/α,β-unsaturated/α-hetero) is 1. The van der Waals surface area contributed by atoms with E-state index in [2.05, 4.69) is 0 Å². The summed E-state index contributed by atoms with van der Waals surface area (Å²) in [5.41, 5.74) is 1.86. The lowest BCUT2D eigenvalue weighted by Gasteiger charge is -2.17. The quantitative estimate of drug-likeness (QED) is 0.848. The molecule has 1 heterocycles. The van der Waals surface area contributed by atoms with Crippen LogP contribution in [-0.2, 0) is 11.2 Å². The molecule has 4 heteroatoms. The van der Waals surface area contributed by atoms with E-state index in [-0.39, 0.29) is 18.3 Å². The van der Waals surface area contributed by atoms with Gasteiger partial charge < -0.3 is 9.64 Å². The molecule has 1 fully saturated rings. The smallest absolute Gasteiger partial charge is 0.260 e. The number of carbonyl (C=O) groups is 2. The summed E-state index contributed by atoms with van der Waals surface area (Å²) < 4.78 is 5.55. The number of aryl methyl sites for hydroxylation is 1. The van der Waals surface area contributed by atoms with Crippen molar-refractivity contribution >= 4 is 11.7 Å². The Labute approximate surface area is 118 Å². The highest BCUT2D eigenvalue weighted by Gasteiger charge is 2.20. The Morgan fingerprint density at radius 1 is 1.15 bits per heavy atom. The third-order valence-corrected chi connectivity index (χ3v) is 4.05. The van der Waals surface area contributed by atoms with Crippen LogP contribution >= 0.6 is 0 Å². The van der Waals surface area contributed by atoms with Crippen molar-refractivity contribution < 1.29 is 14.3 Å². The van der Waals surface area contributed by atoms with Crippen LogP contribution in [0.3, 0.4) is 0 Å². The van der Waals surface area contributed by atoms with E-state index < -0.39 is 0 Å². The standard InChI is InChI=1S/C16H19NO3/c18-15-5-3-4-12-6-7-13(10-14(12)15)20-11-16(19)17-8-1-2-9-17/h6-7,10H,1-5,8-9,11H2. The molecule has 1 aliphatic carbocycles.